The van der Waals surface area contributed by atoms with Crippen LogP contribution in [-0.2, 0) is 0 Å². The molecule has 29 heavy (non-hydrogen) atoms. The number of nitrogens with zero attached hydrogens (tertiary/aromatic N) is 3. The van der Waals surface area contributed by atoms with Crippen molar-refractivity contribution in [2.75, 3.05) is 0 Å². The molecular weight excluding hydrogens is 354 g/mol. The average molecular weight is 373 g/mol. The van der Waals surface area contributed by atoms with Gasteiger partial charge in [-0.25, -0.2) is 0 Å². The summed E-state index contributed by atoms with van der Waals surface area (Å²) in [6, 6.07) is 39.3. The third kappa shape index (κ3) is 3.23. The maximum Gasteiger partial charge on any atom is 0.168 e. The zero-order chi connectivity index (χ0) is 19.5. The van der Waals surface area contributed by atoms with Gasteiger partial charge in [0.2, 0.25) is 0 Å². The lowest BCUT2D eigenvalue weighted by Gasteiger charge is -2.15. The fourth-order valence-electron chi connectivity index (χ4n) is 3.59. The molecule has 0 N–H and O–H groups in total. The van der Waals surface area contributed by atoms with E-state index in [4.69, 9.17) is 0 Å². The van der Waals surface area contributed by atoms with Crippen molar-refractivity contribution in [3.8, 4) is 39.6 Å². The van der Waals surface area contributed by atoms with E-state index < -0.39 is 0 Å². The largest absolute Gasteiger partial charge is 0.274 e. The second kappa shape index (κ2) is 7.56. The van der Waals surface area contributed by atoms with Gasteiger partial charge in [-0.3, -0.25) is 4.57 Å². The van der Waals surface area contributed by atoms with Crippen LogP contribution in [0.1, 0.15) is 0 Å². The Morgan fingerprint density at radius 3 is 1.34 bits per heavy atom. The second-order valence-corrected chi connectivity index (χ2v) is 6.80. The lowest BCUT2D eigenvalue weighted by atomic mass is 10.0. The van der Waals surface area contributed by atoms with Gasteiger partial charge in [0, 0.05) is 16.7 Å². The third-order valence-electron chi connectivity index (χ3n) is 4.96. The molecule has 0 bridgehead atoms. The fourth-order valence-corrected chi connectivity index (χ4v) is 3.59. The highest BCUT2D eigenvalue weighted by molar-refractivity contribution is 5.77. The molecule has 0 aliphatic rings. The van der Waals surface area contributed by atoms with E-state index >= 15 is 0 Å². The normalized spacial score (nSPS) is 10.8. The highest BCUT2D eigenvalue weighted by Gasteiger charge is 2.19. The summed E-state index contributed by atoms with van der Waals surface area (Å²) in [6.07, 6.45) is 0. The SMILES string of the molecule is c1ccc(-c2ccccc2-n2c(-c3ccccc3)nnc2-c2ccccc2)cc1. The molecule has 5 rings (SSSR count). The Labute approximate surface area is 169 Å². The van der Waals surface area contributed by atoms with Crippen molar-refractivity contribution in [1.82, 2.24) is 14.8 Å². The Kier molecular flexibility index (Phi) is 4.47. The summed E-state index contributed by atoms with van der Waals surface area (Å²) in [6.45, 7) is 0. The maximum absolute atomic E-state index is 4.59. The molecule has 0 amide bonds. The zero-order valence-electron chi connectivity index (χ0n) is 15.8. The molecule has 0 atom stereocenters. The van der Waals surface area contributed by atoms with Gasteiger partial charge in [-0.05, 0) is 11.6 Å². The molecule has 0 radical (unpaired) electrons. The highest BCUT2D eigenvalue weighted by Crippen LogP contribution is 2.33. The fraction of sp³-hybridized carbons (Fsp3) is 0. The molecule has 138 valence electrons. The van der Waals surface area contributed by atoms with Crippen LogP contribution in [0.2, 0.25) is 0 Å². The van der Waals surface area contributed by atoms with Gasteiger partial charge in [0.1, 0.15) is 0 Å². The Bertz CT molecular complexity index is 1170. The smallest absolute Gasteiger partial charge is 0.168 e. The summed E-state index contributed by atoms with van der Waals surface area (Å²) >= 11 is 0. The predicted octanol–water partition coefficient (Wildman–Crippen LogP) is 6.27. The highest BCUT2D eigenvalue weighted by atomic mass is 15.3. The minimum absolute atomic E-state index is 0.827. The molecule has 3 heteroatoms. The van der Waals surface area contributed by atoms with Crippen LogP contribution in [0.4, 0.5) is 0 Å². The van der Waals surface area contributed by atoms with Crippen LogP contribution >= 0.6 is 0 Å². The van der Waals surface area contributed by atoms with E-state index in [2.05, 4.69) is 87.6 Å². The minimum atomic E-state index is 0.827. The van der Waals surface area contributed by atoms with E-state index in [-0.39, 0.29) is 0 Å². The van der Waals surface area contributed by atoms with Gasteiger partial charge in [0.15, 0.2) is 11.6 Å². The van der Waals surface area contributed by atoms with E-state index in [1.165, 1.54) is 0 Å². The van der Waals surface area contributed by atoms with E-state index in [1.54, 1.807) is 0 Å². The quantitative estimate of drug-likeness (QED) is 0.372. The van der Waals surface area contributed by atoms with Crippen molar-refractivity contribution < 1.29 is 0 Å². The molecule has 0 fully saturated rings. The van der Waals surface area contributed by atoms with Gasteiger partial charge in [-0.1, -0.05) is 109 Å². The molecule has 0 spiro atoms. The summed E-state index contributed by atoms with van der Waals surface area (Å²) in [7, 11) is 0. The van der Waals surface area contributed by atoms with Crippen molar-refractivity contribution in [3.05, 3.63) is 115 Å². The molecule has 0 saturated heterocycles. The number of benzene rings is 4. The zero-order valence-corrected chi connectivity index (χ0v) is 15.8. The molecule has 0 aliphatic heterocycles. The van der Waals surface area contributed by atoms with Crippen LogP contribution in [0.15, 0.2) is 115 Å². The predicted molar refractivity (Wildman–Crippen MR) is 118 cm³/mol. The second-order valence-electron chi connectivity index (χ2n) is 6.80. The van der Waals surface area contributed by atoms with Gasteiger partial charge in [-0.2, -0.15) is 0 Å². The number of hydrogen-bond acceptors (Lipinski definition) is 2. The van der Waals surface area contributed by atoms with Crippen LogP contribution in [-0.4, -0.2) is 14.8 Å². The van der Waals surface area contributed by atoms with Gasteiger partial charge >= 0.3 is 0 Å². The topological polar surface area (TPSA) is 30.7 Å². The first-order chi connectivity index (χ1) is 14.4. The van der Waals surface area contributed by atoms with Gasteiger partial charge in [0.25, 0.3) is 0 Å². The molecule has 1 aromatic heterocycles. The lowest BCUT2D eigenvalue weighted by Crippen LogP contribution is -2.02. The van der Waals surface area contributed by atoms with Crippen LogP contribution in [0.5, 0.6) is 0 Å². The van der Waals surface area contributed by atoms with Crippen LogP contribution < -0.4 is 0 Å². The summed E-state index contributed by atoms with van der Waals surface area (Å²) in [5.74, 6) is 1.65. The Morgan fingerprint density at radius 2 is 0.828 bits per heavy atom. The average Bonchev–Trinajstić information content (AvgIpc) is 3.26. The summed E-state index contributed by atoms with van der Waals surface area (Å²) in [5.41, 5.74) is 5.42. The molecule has 1 heterocycles. The lowest BCUT2D eigenvalue weighted by molar-refractivity contribution is 1.07. The molecule has 0 saturated carbocycles. The molecule has 3 nitrogen and oxygen atoms in total. The number of para-hydroxylation sites is 1. The van der Waals surface area contributed by atoms with Crippen LogP contribution in [0.25, 0.3) is 39.6 Å². The van der Waals surface area contributed by atoms with E-state index in [0.29, 0.717) is 0 Å². The number of hydrogen-bond donors (Lipinski definition) is 0. The third-order valence-corrected chi connectivity index (χ3v) is 4.96. The minimum Gasteiger partial charge on any atom is -0.274 e. The number of aromatic nitrogens is 3. The Morgan fingerprint density at radius 1 is 0.414 bits per heavy atom. The van der Waals surface area contributed by atoms with E-state index in [1.807, 2.05) is 42.5 Å². The van der Waals surface area contributed by atoms with Crippen LogP contribution in [0, 0.1) is 0 Å². The van der Waals surface area contributed by atoms with Crippen molar-refractivity contribution >= 4 is 0 Å². The monoisotopic (exact) mass is 373 g/mol. The van der Waals surface area contributed by atoms with Crippen molar-refractivity contribution in [1.29, 1.82) is 0 Å². The summed E-state index contributed by atoms with van der Waals surface area (Å²) in [5, 5.41) is 9.17. The van der Waals surface area contributed by atoms with Gasteiger partial charge in [0.05, 0.1) is 5.69 Å². The standard InChI is InChI=1S/C26H19N3/c1-4-12-20(13-5-1)23-18-10-11-19-24(23)29-25(21-14-6-2-7-15-21)27-28-26(29)22-16-8-3-9-17-22/h1-19H. The molecule has 5 aromatic rings. The molecule has 0 aliphatic carbocycles. The Balaban J connectivity index is 1.80. The first-order valence-corrected chi connectivity index (χ1v) is 9.63. The number of rotatable bonds is 4. The van der Waals surface area contributed by atoms with Crippen molar-refractivity contribution in [2.24, 2.45) is 0 Å². The van der Waals surface area contributed by atoms with Gasteiger partial charge in [-0.15, -0.1) is 10.2 Å². The van der Waals surface area contributed by atoms with Gasteiger partial charge < -0.3 is 0 Å². The van der Waals surface area contributed by atoms with Crippen LogP contribution in [0.3, 0.4) is 0 Å². The first-order valence-electron chi connectivity index (χ1n) is 9.63. The summed E-state index contributed by atoms with van der Waals surface area (Å²) < 4.78 is 2.16. The molecular formula is C26H19N3. The van der Waals surface area contributed by atoms with E-state index in [0.717, 1.165) is 39.6 Å². The molecule has 4 aromatic carbocycles. The summed E-state index contributed by atoms with van der Waals surface area (Å²) in [4.78, 5) is 0. The Hall–Kier alpha value is -3.98. The van der Waals surface area contributed by atoms with Crippen molar-refractivity contribution in [3.63, 3.8) is 0 Å². The van der Waals surface area contributed by atoms with E-state index in [9.17, 15) is 0 Å². The van der Waals surface area contributed by atoms with Crippen molar-refractivity contribution in [2.45, 2.75) is 0 Å². The first kappa shape index (κ1) is 17.1. The molecule has 0 unspecified atom stereocenters. The maximum atomic E-state index is 4.59.